The third-order valence-electron chi connectivity index (χ3n) is 5.14. The molecule has 0 atom stereocenters. The van der Waals surface area contributed by atoms with Gasteiger partial charge in [-0.25, -0.2) is 4.99 Å². The fraction of sp³-hybridized carbons (Fsp3) is 0.842. The number of halogens is 1. The molecule has 0 radical (unpaired) electrons. The Morgan fingerprint density at radius 3 is 2.61 bits per heavy atom. The van der Waals surface area contributed by atoms with Gasteiger partial charge in [-0.15, -0.1) is 34.2 Å². The fourth-order valence-electron chi connectivity index (χ4n) is 3.19. The second-order valence-electron chi connectivity index (χ2n) is 7.27. The van der Waals surface area contributed by atoms with Crippen LogP contribution < -0.4 is 10.6 Å². The molecular formula is C19H38IN7O. The molecule has 1 aromatic rings. The number of hydrogen-bond acceptors (Lipinski definition) is 5. The summed E-state index contributed by atoms with van der Waals surface area (Å²) < 4.78 is 7.12. The Bertz CT molecular complexity index is 571. The van der Waals surface area contributed by atoms with Crippen molar-refractivity contribution in [1.82, 2.24) is 30.3 Å². The number of rotatable bonds is 10. The second kappa shape index (κ2) is 14.1. The van der Waals surface area contributed by atoms with Crippen LogP contribution in [-0.2, 0) is 18.3 Å². The van der Waals surface area contributed by atoms with Crippen LogP contribution in [0.15, 0.2) is 4.99 Å². The molecule has 1 aromatic heterocycles. The lowest BCUT2D eigenvalue weighted by Gasteiger charge is -2.33. The van der Waals surface area contributed by atoms with E-state index >= 15 is 0 Å². The van der Waals surface area contributed by atoms with Crippen molar-refractivity contribution in [2.24, 2.45) is 12.0 Å². The van der Waals surface area contributed by atoms with Gasteiger partial charge in [0.05, 0.1) is 0 Å². The van der Waals surface area contributed by atoms with E-state index in [1.165, 1.54) is 19.4 Å². The van der Waals surface area contributed by atoms with Gasteiger partial charge >= 0.3 is 0 Å². The van der Waals surface area contributed by atoms with Crippen LogP contribution in [0.3, 0.4) is 0 Å². The molecule has 0 aromatic carbocycles. The normalized spacial score (nSPS) is 16.1. The van der Waals surface area contributed by atoms with Gasteiger partial charge in [0.25, 0.3) is 0 Å². The maximum absolute atomic E-state index is 5.14. The molecule has 2 heterocycles. The zero-order valence-electron chi connectivity index (χ0n) is 17.9. The number of unbranched alkanes of at least 4 members (excludes halogenated alkanes) is 1. The molecule has 0 amide bonds. The molecule has 1 fully saturated rings. The van der Waals surface area contributed by atoms with Crippen molar-refractivity contribution in [2.75, 3.05) is 39.9 Å². The van der Waals surface area contributed by atoms with Gasteiger partial charge in [-0.05, 0) is 39.2 Å². The van der Waals surface area contributed by atoms with E-state index in [0.717, 1.165) is 63.1 Å². The molecule has 162 valence electrons. The molecule has 2 rings (SSSR count). The van der Waals surface area contributed by atoms with E-state index < -0.39 is 0 Å². The van der Waals surface area contributed by atoms with Crippen LogP contribution in [0.1, 0.15) is 50.7 Å². The molecule has 28 heavy (non-hydrogen) atoms. The van der Waals surface area contributed by atoms with Crippen molar-refractivity contribution in [1.29, 1.82) is 0 Å². The first-order valence-electron chi connectivity index (χ1n) is 10.2. The van der Waals surface area contributed by atoms with Gasteiger partial charge in [0, 0.05) is 46.4 Å². The summed E-state index contributed by atoms with van der Waals surface area (Å²) in [6.07, 6.45) is 5.83. The number of aliphatic imine (C=N–C) groups is 1. The monoisotopic (exact) mass is 507 g/mol. The quantitative estimate of drug-likeness (QED) is 0.219. The molecule has 0 aliphatic carbocycles. The number of aromatic nitrogens is 3. The van der Waals surface area contributed by atoms with Crippen molar-refractivity contribution in [3.05, 3.63) is 11.6 Å². The van der Waals surface area contributed by atoms with Gasteiger partial charge in [-0.2, -0.15) is 0 Å². The minimum atomic E-state index is 0. The van der Waals surface area contributed by atoms with E-state index in [4.69, 9.17) is 9.73 Å². The fourth-order valence-corrected chi connectivity index (χ4v) is 3.19. The van der Waals surface area contributed by atoms with Crippen molar-refractivity contribution >= 4 is 29.9 Å². The summed E-state index contributed by atoms with van der Waals surface area (Å²) in [5.74, 6) is 2.64. The molecule has 1 saturated heterocycles. The predicted molar refractivity (Wildman–Crippen MR) is 124 cm³/mol. The molecule has 2 N–H and O–H groups in total. The Hall–Kier alpha value is -0.940. The van der Waals surface area contributed by atoms with Gasteiger partial charge in [0.15, 0.2) is 11.8 Å². The number of nitrogens with one attached hydrogen (secondary N) is 2. The van der Waals surface area contributed by atoms with Crippen molar-refractivity contribution < 1.29 is 4.74 Å². The van der Waals surface area contributed by atoms with Gasteiger partial charge in [-0.1, -0.05) is 13.3 Å². The van der Waals surface area contributed by atoms with E-state index in [-0.39, 0.29) is 24.0 Å². The van der Waals surface area contributed by atoms with Crippen molar-refractivity contribution in [3.63, 3.8) is 0 Å². The van der Waals surface area contributed by atoms with E-state index in [2.05, 4.69) is 32.7 Å². The van der Waals surface area contributed by atoms with Crippen LogP contribution in [0.4, 0.5) is 0 Å². The van der Waals surface area contributed by atoms with Gasteiger partial charge < -0.3 is 24.8 Å². The summed E-state index contributed by atoms with van der Waals surface area (Å²) >= 11 is 0. The highest BCUT2D eigenvalue weighted by molar-refractivity contribution is 14.0. The van der Waals surface area contributed by atoms with Gasteiger partial charge in [0.2, 0.25) is 0 Å². The summed E-state index contributed by atoms with van der Waals surface area (Å²) in [6.45, 7) is 9.87. The highest BCUT2D eigenvalue weighted by atomic mass is 127. The topological polar surface area (TPSA) is 79.6 Å². The van der Waals surface area contributed by atoms with E-state index in [1.54, 1.807) is 7.11 Å². The largest absolute Gasteiger partial charge is 0.385 e. The van der Waals surface area contributed by atoms with Crippen LogP contribution in [-0.4, -0.2) is 71.6 Å². The number of hydrogen-bond donors (Lipinski definition) is 2. The van der Waals surface area contributed by atoms with Crippen molar-refractivity contribution in [3.8, 4) is 0 Å². The molecular weight excluding hydrogens is 469 g/mol. The third-order valence-corrected chi connectivity index (χ3v) is 5.14. The first-order chi connectivity index (χ1) is 13.1. The highest BCUT2D eigenvalue weighted by Crippen LogP contribution is 2.11. The lowest BCUT2D eigenvalue weighted by atomic mass is 10.0. The number of guanidine groups is 1. The Labute approximate surface area is 186 Å². The summed E-state index contributed by atoms with van der Waals surface area (Å²) in [5, 5.41) is 15.4. The van der Waals surface area contributed by atoms with E-state index in [9.17, 15) is 0 Å². The Balaban J connectivity index is 0.00000392. The summed E-state index contributed by atoms with van der Waals surface area (Å²) in [5.41, 5.74) is 0. The average molecular weight is 507 g/mol. The Morgan fingerprint density at radius 1 is 1.25 bits per heavy atom. The van der Waals surface area contributed by atoms with E-state index in [1.807, 2.05) is 18.5 Å². The summed E-state index contributed by atoms with van der Waals surface area (Å²) in [4.78, 5) is 7.32. The molecule has 1 aliphatic rings. The summed E-state index contributed by atoms with van der Waals surface area (Å²) in [6, 6.07) is 0.470. The first kappa shape index (κ1) is 25.1. The van der Waals surface area contributed by atoms with Crippen LogP contribution in [0.5, 0.6) is 0 Å². The lowest BCUT2D eigenvalue weighted by Crippen LogP contribution is -2.49. The zero-order chi connectivity index (χ0) is 19.5. The van der Waals surface area contributed by atoms with Crippen LogP contribution >= 0.6 is 24.0 Å². The molecule has 0 saturated carbocycles. The molecule has 0 unspecified atom stereocenters. The number of ether oxygens (including phenoxy) is 1. The van der Waals surface area contributed by atoms with Gasteiger partial charge in [0.1, 0.15) is 12.4 Å². The zero-order valence-corrected chi connectivity index (χ0v) is 20.2. The molecule has 8 nitrogen and oxygen atoms in total. The first-order valence-corrected chi connectivity index (χ1v) is 10.2. The highest BCUT2D eigenvalue weighted by Gasteiger charge is 2.19. The number of piperidine rings is 1. The molecule has 0 spiro atoms. The third kappa shape index (κ3) is 8.60. The minimum Gasteiger partial charge on any atom is -0.385 e. The Morgan fingerprint density at radius 2 is 2.00 bits per heavy atom. The number of aryl methyl sites for hydroxylation is 1. The van der Waals surface area contributed by atoms with Crippen LogP contribution in [0.2, 0.25) is 0 Å². The number of nitrogens with zero attached hydrogens (tertiary/aromatic N) is 5. The maximum atomic E-state index is 5.14. The smallest absolute Gasteiger partial charge is 0.191 e. The number of methoxy groups -OCH3 is 1. The van der Waals surface area contributed by atoms with Crippen LogP contribution in [0, 0.1) is 6.92 Å². The van der Waals surface area contributed by atoms with Crippen LogP contribution in [0.25, 0.3) is 0 Å². The lowest BCUT2D eigenvalue weighted by molar-refractivity contribution is 0.195. The van der Waals surface area contributed by atoms with Crippen molar-refractivity contribution in [2.45, 2.75) is 58.5 Å². The minimum absolute atomic E-state index is 0. The maximum Gasteiger partial charge on any atom is 0.191 e. The Kier molecular flexibility index (Phi) is 12.6. The standard InChI is InChI=1S/C19H37N7O.HI/c1-5-6-11-26-12-8-17(9-13-26)22-19(20-10-7-14-27-4)21-15-18-24-23-16(2)25(18)3;/h17H,5-15H2,1-4H3,(H2,20,21,22);1H. The average Bonchev–Trinajstić information content (AvgIpc) is 3.00. The number of likely N-dealkylation sites (tertiary alicyclic amines) is 1. The second-order valence-corrected chi connectivity index (χ2v) is 7.27. The summed E-state index contributed by atoms with van der Waals surface area (Å²) in [7, 11) is 3.71. The predicted octanol–water partition coefficient (Wildman–Crippen LogP) is 2.08. The SMILES string of the molecule is CCCCN1CCC(NC(=NCc2nnc(C)n2C)NCCCOC)CC1.I. The molecule has 0 bridgehead atoms. The van der Waals surface area contributed by atoms with Gasteiger partial charge in [-0.3, -0.25) is 0 Å². The molecule has 1 aliphatic heterocycles. The molecule has 9 heteroatoms. The van der Waals surface area contributed by atoms with E-state index in [0.29, 0.717) is 12.6 Å².